The molecule has 0 saturated carbocycles. The van der Waals surface area contributed by atoms with E-state index in [0.29, 0.717) is 5.92 Å². The maximum atomic E-state index is 12.5. The minimum absolute atomic E-state index is 0.0190. The largest absolute Gasteiger partial charge is 0.361 e. The van der Waals surface area contributed by atoms with E-state index in [1.165, 1.54) is 34.6 Å². The molecule has 0 aliphatic carbocycles. The van der Waals surface area contributed by atoms with E-state index in [2.05, 4.69) is 50.3 Å². The molecule has 1 aliphatic heterocycles. The highest BCUT2D eigenvalue weighted by Crippen LogP contribution is 2.30. The normalized spacial score (nSPS) is 17.7. The van der Waals surface area contributed by atoms with Crippen LogP contribution in [0, 0.1) is 0 Å². The van der Waals surface area contributed by atoms with Gasteiger partial charge in [0.25, 0.3) is 0 Å². The minimum atomic E-state index is -3.41. The van der Waals surface area contributed by atoms with E-state index in [4.69, 9.17) is 0 Å². The maximum Gasteiger partial charge on any atom is 0.199 e. The number of aromatic amines is 2. The first kappa shape index (κ1) is 19.1. The molecule has 0 radical (unpaired) electrons. The molecule has 1 unspecified atom stereocenters. The number of likely N-dealkylation sites (tertiary alicyclic amines) is 1. The van der Waals surface area contributed by atoms with Gasteiger partial charge in [-0.25, -0.2) is 13.4 Å². The van der Waals surface area contributed by atoms with E-state index >= 15 is 0 Å². The molecule has 4 aromatic rings. The fraction of sp³-hybridized carbons (Fsp3) is 0.261. The summed E-state index contributed by atoms with van der Waals surface area (Å²) in [6.45, 7) is 2.95. The van der Waals surface area contributed by atoms with Gasteiger partial charge in [-0.1, -0.05) is 42.5 Å². The molecule has 6 nitrogen and oxygen atoms in total. The van der Waals surface area contributed by atoms with Crippen molar-refractivity contribution in [2.75, 3.05) is 13.1 Å². The number of benzene rings is 2. The van der Waals surface area contributed by atoms with E-state index in [0.717, 1.165) is 31.6 Å². The minimum Gasteiger partial charge on any atom is -0.361 e. The molecule has 1 aliphatic rings. The van der Waals surface area contributed by atoms with Crippen LogP contribution in [0.4, 0.5) is 0 Å². The van der Waals surface area contributed by atoms with E-state index in [-0.39, 0.29) is 10.8 Å². The van der Waals surface area contributed by atoms with Gasteiger partial charge in [0.2, 0.25) is 0 Å². The first-order valence-corrected chi connectivity index (χ1v) is 11.8. The van der Waals surface area contributed by atoms with Crippen LogP contribution in [0.1, 0.15) is 29.0 Å². The van der Waals surface area contributed by atoms with E-state index in [1.807, 2.05) is 24.3 Å². The van der Waals surface area contributed by atoms with Gasteiger partial charge in [0.15, 0.2) is 14.9 Å². The van der Waals surface area contributed by atoms with Crippen LogP contribution in [0.25, 0.3) is 10.9 Å². The van der Waals surface area contributed by atoms with E-state index in [9.17, 15) is 8.42 Å². The van der Waals surface area contributed by atoms with Gasteiger partial charge < -0.3 is 9.97 Å². The first-order chi connectivity index (χ1) is 14.6. The molecular weight excluding hydrogens is 396 g/mol. The monoisotopic (exact) mass is 420 g/mol. The highest BCUT2D eigenvalue weighted by molar-refractivity contribution is 7.90. The number of nitrogens with one attached hydrogen (secondary N) is 2. The lowest BCUT2D eigenvalue weighted by Crippen LogP contribution is -2.19. The number of sulfone groups is 1. The lowest BCUT2D eigenvalue weighted by Gasteiger charge is -2.16. The molecule has 3 heterocycles. The van der Waals surface area contributed by atoms with Gasteiger partial charge in [0.05, 0.1) is 18.3 Å². The number of imidazole rings is 1. The van der Waals surface area contributed by atoms with E-state index < -0.39 is 9.84 Å². The lowest BCUT2D eigenvalue weighted by molar-refractivity contribution is 0.328. The Bertz CT molecular complexity index is 1260. The Morgan fingerprint density at radius 1 is 1.10 bits per heavy atom. The van der Waals surface area contributed by atoms with Gasteiger partial charge in [-0.3, -0.25) is 4.90 Å². The highest BCUT2D eigenvalue weighted by atomic mass is 32.2. The van der Waals surface area contributed by atoms with Crippen molar-refractivity contribution < 1.29 is 8.42 Å². The van der Waals surface area contributed by atoms with Crippen molar-refractivity contribution in [3.63, 3.8) is 0 Å². The summed E-state index contributed by atoms with van der Waals surface area (Å²) in [7, 11) is -3.41. The molecule has 2 N–H and O–H groups in total. The second-order valence-corrected chi connectivity index (χ2v) is 9.96. The summed E-state index contributed by atoms with van der Waals surface area (Å²) >= 11 is 0. The van der Waals surface area contributed by atoms with Gasteiger partial charge in [0.1, 0.15) is 0 Å². The van der Waals surface area contributed by atoms with Gasteiger partial charge in [0, 0.05) is 30.2 Å². The summed E-state index contributed by atoms with van der Waals surface area (Å²) in [6.07, 6.45) is 5.95. The number of H-pyrrole nitrogens is 2. The third-order valence-electron chi connectivity index (χ3n) is 5.93. The van der Waals surface area contributed by atoms with Crippen molar-refractivity contribution in [2.24, 2.45) is 0 Å². The van der Waals surface area contributed by atoms with Crippen LogP contribution in [0.2, 0.25) is 0 Å². The molecular formula is C23H24N4O2S. The predicted octanol–water partition coefficient (Wildman–Crippen LogP) is 3.85. The zero-order valence-corrected chi connectivity index (χ0v) is 17.4. The molecule has 1 fully saturated rings. The SMILES string of the molecule is O=S(=O)(Cc1cccc(C2CCN(Cc3c[nH]c4ccccc34)C2)c1)c1cnc[nH]1. The number of hydrogen-bond acceptors (Lipinski definition) is 4. The van der Waals surface area contributed by atoms with Gasteiger partial charge in [-0.05, 0) is 41.6 Å². The fourth-order valence-electron chi connectivity index (χ4n) is 4.40. The highest BCUT2D eigenvalue weighted by Gasteiger charge is 2.25. The number of fused-ring (bicyclic) bond motifs is 1. The Kier molecular flexibility index (Phi) is 4.92. The second kappa shape index (κ2) is 7.74. The van der Waals surface area contributed by atoms with Crippen molar-refractivity contribution in [3.05, 3.63) is 83.9 Å². The van der Waals surface area contributed by atoms with Crippen LogP contribution in [0.5, 0.6) is 0 Å². The molecule has 154 valence electrons. The summed E-state index contributed by atoms with van der Waals surface area (Å²) in [4.78, 5) is 12.4. The third-order valence-corrected chi connectivity index (χ3v) is 7.54. The Balaban J connectivity index is 1.28. The summed E-state index contributed by atoms with van der Waals surface area (Å²) in [5.74, 6) is 0.402. The van der Waals surface area contributed by atoms with Crippen LogP contribution >= 0.6 is 0 Å². The summed E-state index contributed by atoms with van der Waals surface area (Å²) in [5, 5.41) is 1.45. The summed E-state index contributed by atoms with van der Waals surface area (Å²) in [5.41, 5.74) is 4.53. The molecule has 2 aromatic carbocycles. The van der Waals surface area contributed by atoms with Crippen LogP contribution in [-0.4, -0.2) is 41.4 Å². The number of aromatic nitrogens is 3. The molecule has 0 spiro atoms. The topological polar surface area (TPSA) is 81.8 Å². The molecule has 0 amide bonds. The number of para-hydroxylation sites is 1. The van der Waals surface area contributed by atoms with Crippen LogP contribution in [0.15, 0.2) is 72.3 Å². The Morgan fingerprint density at radius 2 is 2.00 bits per heavy atom. The molecule has 30 heavy (non-hydrogen) atoms. The van der Waals surface area contributed by atoms with Gasteiger partial charge in [-0.15, -0.1) is 0 Å². The molecule has 1 atom stereocenters. The maximum absolute atomic E-state index is 12.5. The fourth-order valence-corrected chi connectivity index (χ4v) is 5.63. The first-order valence-electron chi connectivity index (χ1n) is 10.2. The van der Waals surface area contributed by atoms with Gasteiger partial charge >= 0.3 is 0 Å². The molecule has 0 bridgehead atoms. The third kappa shape index (κ3) is 3.78. The van der Waals surface area contributed by atoms with Crippen molar-refractivity contribution in [2.45, 2.75) is 29.7 Å². The molecule has 7 heteroatoms. The van der Waals surface area contributed by atoms with Crippen LogP contribution < -0.4 is 0 Å². The second-order valence-electron chi connectivity index (χ2n) is 8.00. The molecule has 1 saturated heterocycles. The lowest BCUT2D eigenvalue weighted by atomic mass is 9.97. The van der Waals surface area contributed by atoms with E-state index in [1.54, 1.807) is 0 Å². The van der Waals surface area contributed by atoms with Crippen LogP contribution in [-0.2, 0) is 22.1 Å². The Hall–Kier alpha value is -2.90. The quantitative estimate of drug-likeness (QED) is 0.496. The standard InChI is InChI=1S/C23H24N4O2S/c28-30(29,23-12-24-16-26-23)15-17-4-3-5-18(10-17)19-8-9-27(13-19)14-20-11-25-22-7-2-1-6-21(20)22/h1-7,10-12,16,19,25H,8-9,13-15H2,(H,24,26). The zero-order valence-electron chi connectivity index (χ0n) is 16.6. The summed E-state index contributed by atoms with van der Waals surface area (Å²) < 4.78 is 25.1. The average Bonchev–Trinajstić information content (AvgIpc) is 3.50. The number of rotatable bonds is 6. The van der Waals surface area contributed by atoms with Crippen molar-refractivity contribution in [1.29, 1.82) is 0 Å². The van der Waals surface area contributed by atoms with Crippen molar-refractivity contribution >= 4 is 20.7 Å². The van der Waals surface area contributed by atoms with Crippen LogP contribution in [0.3, 0.4) is 0 Å². The molecule has 5 rings (SSSR count). The van der Waals surface area contributed by atoms with Gasteiger partial charge in [-0.2, -0.15) is 0 Å². The van der Waals surface area contributed by atoms with Crippen molar-refractivity contribution in [1.82, 2.24) is 19.9 Å². The Labute approximate surface area is 175 Å². The molecule has 2 aromatic heterocycles. The number of nitrogens with zero attached hydrogens (tertiary/aromatic N) is 2. The predicted molar refractivity (Wildman–Crippen MR) is 117 cm³/mol. The smallest absolute Gasteiger partial charge is 0.199 e. The number of hydrogen-bond donors (Lipinski definition) is 2. The Morgan fingerprint density at radius 3 is 2.87 bits per heavy atom. The summed E-state index contributed by atoms with van der Waals surface area (Å²) in [6, 6.07) is 16.4. The average molecular weight is 421 g/mol. The zero-order chi connectivity index (χ0) is 20.6. The van der Waals surface area contributed by atoms with Crippen molar-refractivity contribution in [3.8, 4) is 0 Å².